The molecule has 1 heterocycles. The van der Waals surface area contributed by atoms with Gasteiger partial charge in [0.1, 0.15) is 5.82 Å². The Morgan fingerprint density at radius 1 is 1.05 bits per heavy atom. The van der Waals surface area contributed by atoms with E-state index in [1.165, 1.54) is 6.07 Å². The molecule has 1 saturated heterocycles. The molecule has 0 N–H and O–H groups in total. The van der Waals surface area contributed by atoms with Crippen molar-refractivity contribution in [3.8, 4) is 0 Å². The largest absolute Gasteiger partial charge is 0.462 e. The maximum atomic E-state index is 13.2. The fourth-order valence-electron chi connectivity index (χ4n) is 2.16. The Morgan fingerprint density at radius 3 is 2.05 bits per heavy atom. The van der Waals surface area contributed by atoms with Crippen LogP contribution in [0.1, 0.15) is 38.8 Å². The fraction of sp³-hybridized carbons (Fsp3) is 0.571. The topological polar surface area (TPSA) is 18.5 Å². The molecule has 0 aromatic heterocycles. The summed E-state index contributed by atoms with van der Waals surface area (Å²) < 4.78 is 62.8. The highest BCUT2D eigenvalue weighted by atomic mass is 19.4. The average Bonchev–Trinajstić information content (AvgIpc) is 2.48. The van der Waals surface area contributed by atoms with Crippen molar-refractivity contribution >= 4 is 7.12 Å². The van der Waals surface area contributed by atoms with Gasteiger partial charge in [0.25, 0.3) is 0 Å². The molecule has 0 atom stereocenters. The summed E-state index contributed by atoms with van der Waals surface area (Å²) >= 11 is 0. The van der Waals surface area contributed by atoms with Gasteiger partial charge in [-0.2, -0.15) is 13.2 Å². The lowest BCUT2D eigenvalue weighted by Crippen LogP contribution is -2.41. The van der Waals surface area contributed by atoms with E-state index in [0.29, 0.717) is 5.56 Å². The molecule has 0 spiro atoms. The van der Waals surface area contributed by atoms with Gasteiger partial charge in [-0.15, -0.1) is 0 Å². The van der Waals surface area contributed by atoms with Crippen LogP contribution in [-0.4, -0.2) is 18.3 Å². The van der Waals surface area contributed by atoms with Gasteiger partial charge in [-0.1, -0.05) is 6.07 Å². The number of alkyl halides is 3. The van der Waals surface area contributed by atoms with Crippen LogP contribution < -0.4 is 0 Å². The lowest BCUT2D eigenvalue weighted by atomic mass is 9.80. The van der Waals surface area contributed by atoms with E-state index in [4.69, 9.17) is 9.31 Å². The maximum Gasteiger partial charge on any atom is 0.462 e. The molecule has 1 fully saturated rings. The fourth-order valence-corrected chi connectivity index (χ4v) is 2.16. The van der Waals surface area contributed by atoms with Gasteiger partial charge in [0.05, 0.1) is 16.8 Å². The molecule has 1 aliphatic heterocycles. The first-order valence-corrected chi connectivity index (χ1v) is 6.64. The molecule has 7 heteroatoms. The first kappa shape index (κ1) is 16.3. The summed E-state index contributed by atoms with van der Waals surface area (Å²) in [7, 11) is -0.651. The lowest BCUT2D eigenvalue weighted by molar-refractivity contribution is -0.140. The quantitative estimate of drug-likeness (QED) is 0.607. The van der Waals surface area contributed by atoms with Crippen LogP contribution in [0.15, 0.2) is 18.2 Å². The molecule has 21 heavy (non-hydrogen) atoms. The number of rotatable bonds is 2. The monoisotopic (exact) mass is 304 g/mol. The molecule has 0 amide bonds. The zero-order chi connectivity index (χ0) is 16.1. The van der Waals surface area contributed by atoms with Crippen LogP contribution in [0.5, 0.6) is 0 Å². The number of halogens is 4. The molecule has 1 aromatic rings. The number of hydrogen-bond acceptors (Lipinski definition) is 2. The molecule has 0 aliphatic carbocycles. The van der Waals surface area contributed by atoms with Crippen LogP contribution in [-0.2, 0) is 21.8 Å². The molecule has 0 unspecified atom stereocenters. The van der Waals surface area contributed by atoms with E-state index in [0.717, 1.165) is 12.1 Å². The van der Waals surface area contributed by atoms with Crippen molar-refractivity contribution in [1.29, 1.82) is 0 Å². The van der Waals surface area contributed by atoms with Crippen LogP contribution in [0, 0.1) is 5.82 Å². The normalized spacial score (nSPS) is 20.9. The predicted molar refractivity (Wildman–Crippen MR) is 71.2 cm³/mol. The van der Waals surface area contributed by atoms with Gasteiger partial charge in [-0.25, -0.2) is 4.39 Å². The molecule has 1 aromatic carbocycles. The van der Waals surface area contributed by atoms with E-state index in [2.05, 4.69) is 0 Å². The van der Waals surface area contributed by atoms with Crippen LogP contribution in [0.25, 0.3) is 0 Å². The minimum absolute atomic E-state index is 0.135. The van der Waals surface area contributed by atoms with Gasteiger partial charge in [0.2, 0.25) is 0 Å². The second kappa shape index (κ2) is 4.99. The SMILES string of the molecule is CC1(C)OB(Cc2ccc(F)c(C(F)(F)F)c2)OC1(C)C. The Hall–Kier alpha value is -1.08. The molecule has 2 nitrogen and oxygen atoms in total. The van der Waals surface area contributed by atoms with Crippen LogP contribution in [0.2, 0.25) is 0 Å². The summed E-state index contributed by atoms with van der Waals surface area (Å²) in [5.41, 5.74) is -2.05. The standard InChI is InChI=1S/C14H17BF4O2/c1-12(2)13(3,4)21-15(20-12)8-9-5-6-11(16)10(7-9)14(17,18)19/h5-7H,8H2,1-4H3. The molecule has 116 valence electrons. The van der Waals surface area contributed by atoms with Gasteiger partial charge < -0.3 is 9.31 Å². The lowest BCUT2D eigenvalue weighted by Gasteiger charge is -2.32. The van der Waals surface area contributed by atoms with Crippen LogP contribution >= 0.6 is 0 Å². The summed E-state index contributed by atoms with van der Waals surface area (Å²) in [6, 6.07) is 2.94. The molecule has 0 bridgehead atoms. The second-order valence-corrected chi connectivity index (χ2v) is 6.20. The number of hydrogen-bond donors (Lipinski definition) is 0. The third kappa shape index (κ3) is 3.24. The summed E-state index contributed by atoms with van der Waals surface area (Å²) in [6.45, 7) is 7.44. The molecule has 0 saturated carbocycles. The molecular weight excluding hydrogens is 287 g/mol. The highest BCUT2D eigenvalue weighted by molar-refractivity contribution is 6.45. The average molecular weight is 304 g/mol. The second-order valence-electron chi connectivity index (χ2n) is 6.20. The van der Waals surface area contributed by atoms with E-state index in [1.54, 1.807) is 0 Å². The van der Waals surface area contributed by atoms with Gasteiger partial charge in [0.15, 0.2) is 0 Å². The Bertz CT molecular complexity index is 524. The third-order valence-corrected chi connectivity index (χ3v) is 4.04. The van der Waals surface area contributed by atoms with Crippen molar-refractivity contribution < 1.29 is 26.9 Å². The summed E-state index contributed by atoms with van der Waals surface area (Å²) in [5.74, 6) is -1.28. The Balaban J connectivity index is 2.19. The van der Waals surface area contributed by atoms with Gasteiger partial charge in [0, 0.05) is 6.32 Å². The first-order chi connectivity index (χ1) is 9.42. The summed E-state index contributed by atoms with van der Waals surface area (Å²) in [5, 5.41) is 0. The van der Waals surface area contributed by atoms with Gasteiger partial charge in [-0.3, -0.25) is 0 Å². The van der Waals surface area contributed by atoms with Crippen molar-refractivity contribution in [3.63, 3.8) is 0 Å². The maximum absolute atomic E-state index is 13.2. The van der Waals surface area contributed by atoms with E-state index in [9.17, 15) is 17.6 Å². The summed E-state index contributed by atoms with van der Waals surface area (Å²) in [4.78, 5) is 0. The Labute approximate surface area is 121 Å². The molecule has 0 radical (unpaired) electrons. The van der Waals surface area contributed by atoms with Crippen molar-refractivity contribution in [2.75, 3.05) is 0 Å². The number of benzene rings is 1. The minimum Gasteiger partial charge on any atom is -0.403 e. The van der Waals surface area contributed by atoms with Gasteiger partial charge in [-0.05, 0) is 45.4 Å². The third-order valence-electron chi connectivity index (χ3n) is 4.04. The molecular formula is C14H17BF4O2. The van der Waals surface area contributed by atoms with Gasteiger partial charge >= 0.3 is 13.3 Å². The zero-order valence-electron chi connectivity index (χ0n) is 12.3. The van der Waals surface area contributed by atoms with Crippen molar-refractivity contribution in [3.05, 3.63) is 35.1 Å². The van der Waals surface area contributed by atoms with E-state index in [1.807, 2.05) is 27.7 Å². The minimum atomic E-state index is -4.71. The first-order valence-electron chi connectivity index (χ1n) is 6.64. The van der Waals surface area contributed by atoms with E-state index < -0.39 is 35.9 Å². The highest BCUT2D eigenvalue weighted by Crippen LogP contribution is 2.38. The smallest absolute Gasteiger partial charge is 0.403 e. The molecule has 2 rings (SSSR count). The zero-order valence-corrected chi connectivity index (χ0v) is 12.3. The van der Waals surface area contributed by atoms with Crippen LogP contribution in [0.4, 0.5) is 17.6 Å². The van der Waals surface area contributed by atoms with Crippen molar-refractivity contribution in [2.24, 2.45) is 0 Å². The molecule has 1 aliphatic rings. The van der Waals surface area contributed by atoms with E-state index >= 15 is 0 Å². The van der Waals surface area contributed by atoms with E-state index in [-0.39, 0.29) is 6.32 Å². The highest BCUT2D eigenvalue weighted by Gasteiger charge is 2.50. The van der Waals surface area contributed by atoms with Crippen molar-refractivity contribution in [1.82, 2.24) is 0 Å². The Morgan fingerprint density at radius 2 is 1.57 bits per heavy atom. The Kier molecular flexibility index (Phi) is 3.87. The van der Waals surface area contributed by atoms with Crippen LogP contribution in [0.3, 0.4) is 0 Å². The summed E-state index contributed by atoms with van der Waals surface area (Å²) in [6.07, 6.45) is -4.58. The predicted octanol–water partition coefficient (Wildman–Crippen LogP) is 4.02. The van der Waals surface area contributed by atoms with Crippen molar-refractivity contribution in [2.45, 2.75) is 51.4 Å².